The maximum atomic E-state index is 14.0. The van der Waals surface area contributed by atoms with Gasteiger partial charge in [-0.1, -0.05) is 0 Å². The molecular formula is C17H23F2N3O. The van der Waals surface area contributed by atoms with Crippen LogP contribution in [0.2, 0.25) is 0 Å². The van der Waals surface area contributed by atoms with E-state index >= 15 is 0 Å². The summed E-state index contributed by atoms with van der Waals surface area (Å²) >= 11 is 0. The largest absolute Gasteiger partial charge is 0.370 e. The van der Waals surface area contributed by atoms with Crippen molar-refractivity contribution in [2.75, 3.05) is 19.7 Å². The highest BCUT2D eigenvalue weighted by Gasteiger charge is 2.43. The molecule has 5 unspecified atom stereocenters. The molecule has 4 nitrogen and oxygen atoms in total. The Morgan fingerprint density at radius 2 is 2.13 bits per heavy atom. The van der Waals surface area contributed by atoms with Crippen LogP contribution in [-0.2, 0) is 4.74 Å². The van der Waals surface area contributed by atoms with Crippen LogP contribution in [0.25, 0.3) is 0 Å². The molecule has 0 bridgehead atoms. The Labute approximate surface area is 135 Å². The quantitative estimate of drug-likeness (QED) is 0.867. The molecule has 1 aromatic carbocycles. The van der Waals surface area contributed by atoms with Gasteiger partial charge in [-0.3, -0.25) is 4.90 Å². The van der Waals surface area contributed by atoms with Gasteiger partial charge in [-0.15, -0.1) is 0 Å². The number of hydrogen-bond acceptors (Lipinski definition) is 4. The highest BCUT2D eigenvalue weighted by atomic mass is 19.1. The van der Waals surface area contributed by atoms with E-state index in [1.54, 1.807) is 0 Å². The third-order valence-electron chi connectivity index (χ3n) is 5.57. The number of fused-ring (bicyclic) bond motifs is 1. The number of hydrogen-bond donors (Lipinski definition) is 2. The van der Waals surface area contributed by atoms with E-state index in [2.05, 4.69) is 10.2 Å². The zero-order valence-corrected chi connectivity index (χ0v) is 13.1. The summed E-state index contributed by atoms with van der Waals surface area (Å²) < 4.78 is 33.3. The molecule has 23 heavy (non-hydrogen) atoms. The maximum absolute atomic E-state index is 14.0. The first kappa shape index (κ1) is 15.4. The van der Waals surface area contributed by atoms with Gasteiger partial charge in [0, 0.05) is 36.3 Å². The minimum absolute atomic E-state index is 0.234. The lowest BCUT2D eigenvalue weighted by Gasteiger charge is -2.40. The van der Waals surface area contributed by atoms with Gasteiger partial charge in [0.25, 0.3) is 0 Å². The fourth-order valence-electron chi connectivity index (χ4n) is 4.48. The molecule has 3 N–H and O–H groups in total. The van der Waals surface area contributed by atoms with Gasteiger partial charge >= 0.3 is 0 Å². The fourth-order valence-corrected chi connectivity index (χ4v) is 4.48. The van der Waals surface area contributed by atoms with Gasteiger partial charge in [-0.05, 0) is 44.0 Å². The van der Waals surface area contributed by atoms with Crippen molar-refractivity contribution in [1.29, 1.82) is 0 Å². The van der Waals surface area contributed by atoms with Gasteiger partial charge in [0.05, 0.1) is 6.61 Å². The third kappa shape index (κ3) is 2.78. The van der Waals surface area contributed by atoms with Crippen LogP contribution in [0.1, 0.15) is 30.9 Å². The van der Waals surface area contributed by atoms with E-state index in [1.165, 1.54) is 18.9 Å². The molecule has 0 saturated carbocycles. The number of nitrogens with two attached hydrogens (primary N) is 1. The van der Waals surface area contributed by atoms with E-state index in [-0.39, 0.29) is 17.6 Å². The predicted molar refractivity (Wildman–Crippen MR) is 83.0 cm³/mol. The third-order valence-corrected chi connectivity index (χ3v) is 5.57. The monoisotopic (exact) mass is 323 g/mol. The molecule has 1 aromatic rings. The topological polar surface area (TPSA) is 50.5 Å². The van der Waals surface area contributed by atoms with Crippen molar-refractivity contribution in [3.8, 4) is 0 Å². The van der Waals surface area contributed by atoms with Crippen LogP contribution in [0.5, 0.6) is 0 Å². The van der Waals surface area contributed by atoms with Crippen LogP contribution < -0.4 is 11.1 Å². The number of nitrogens with one attached hydrogen (secondary N) is 1. The number of ether oxygens (including phenoxy) is 1. The van der Waals surface area contributed by atoms with E-state index in [9.17, 15) is 8.78 Å². The number of halogens is 2. The molecule has 0 radical (unpaired) electrons. The normalized spacial score (nSPS) is 38.0. The highest BCUT2D eigenvalue weighted by molar-refractivity contribution is 5.23. The lowest BCUT2D eigenvalue weighted by Crippen LogP contribution is -2.51. The van der Waals surface area contributed by atoms with Crippen molar-refractivity contribution < 1.29 is 13.5 Å². The standard InChI is InChI=1S/C17H23F2N3O/c18-10-1-2-13(19)12(7-10)17-14(20)8-11(9-23-17)22-6-4-15-16(22)3-5-21-15/h1-2,7,11,14-17,21H,3-6,8-9,20H2. The average Bonchev–Trinajstić information content (AvgIpc) is 3.13. The molecule has 4 rings (SSSR count). The number of benzene rings is 1. The van der Waals surface area contributed by atoms with Crippen molar-refractivity contribution in [1.82, 2.24) is 10.2 Å². The highest BCUT2D eigenvalue weighted by Crippen LogP contribution is 2.35. The minimum Gasteiger partial charge on any atom is -0.370 e. The number of nitrogens with zero attached hydrogens (tertiary/aromatic N) is 1. The summed E-state index contributed by atoms with van der Waals surface area (Å²) in [5.74, 6) is -0.912. The fraction of sp³-hybridized carbons (Fsp3) is 0.647. The average molecular weight is 323 g/mol. The molecule has 3 aliphatic heterocycles. The van der Waals surface area contributed by atoms with Crippen molar-refractivity contribution in [3.63, 3.8) is 0 Å². The Morgan fingerprint density at radius 3 is 2.96 bits per heavy atom. The zero-order chi connectivity index (χ0) is 16.0. The summed E-state index contributed by atoms with van der Waals surface area (Å²) in [6, 6.07) is 4.57. The summed E-state index contributed by atoms with van der Waals surface area (Å²) in [7, 11) is 0. The maximum Gasteiger partial charge on any atom is 0.129 e. The lowest BCUT2D eigenvalue weighted by molar-refractivity contribution is -0.0543. The minimum atomic E-state index is -0.568. The molecule has 3 fully saturated rings. The van der Waals surface area contributed by atoms with Crippen LogP contribution in [-0.4, -0.2) is 48.8 Å². The summed E-state index contributed by atoms with van der Waals surface area (Å²) in [5, 5.41) is 3.54. The molecule has 0 spiro atoms. The molecule has 3 saturated heterocycles. The molecule has 3 aliphatic rings. The van der Waals surface area contributed by atoms with Gasteiger partial charge in [-0.2, -0.15) is 0 Å². The summed E-state index contributed by atoms with van der Waals surface area (Å²) in [5.41, 5.74) is 6.50. The van der Waals surface area contributed by atoms with E-state index in [1.807, 2.05) is 0 Å². The molecule has 0 aliphatic carbocycles. The van der Waals surface area contributed by atoms with Crippen molar-refractivity contribution >= 4 is 0 Å². The Bertz CT molecular complexity index is 585. The SMILES string of the molecule is NC1CC(N2CCC3NCCC32)COC1c1cc(F)ccc1F. The summed E-state index contributed by atoms with van der Waals surface area (Å²) in [4.78, 5) is 2.50. The second-order valence-corrected chi connectivity index (χ2v) is 6.92. The molecule has 0 aromatic heterocycles. The Balaban J connectivity index is 1.47. The first-order chi connectivity index (χ1) is 11.1. The van der Waals surface area contributed by atoms with Gasteiger partial charge < -0.3 is 15.8 Å². The van der Waals surface area contributed by atoms with Crippen molar-refractivity contribution in [3.05, 3.63) is 35.4 Å². The second-order valence-electron chi connectivity index (χ2n) is 6.92. The van der Waals surface area contributed by atoms with Gasteiger partial charge in [0.15, 0.2) is 0 Å². The predicted octanol–water partition coefficient (Wildman–Crippen LogP) is 1.56. The van der Waals surface area contributed by atoms with Crippen LogP contribution >= 0.6 is 0 Å². The van der Waals surface area contributed by atoms with Gasteiger partial charge in [0.2, 0.25) is 0 Å². The Hall–Kier alpha value is -1.08. The smallest absolute Gasteiger partial charge is 0.129 e. The van der Waals surface area contributed by atoms with Crippen molar-refractivity contribution in [2.24, 2.45) is 5.73 Å². The summed E-state index contributed by atoms with van der Waals surface area (Å²) in [6.07, 6.45) is 2.52. The first-order valence-corrected chi connectivity index (χ1v) is 8.45. The molecule has 0 amide bonds. The van der Waals surface area contributed by atoms with E-state index in [4.69, 9.17) is 10.5 Å². The number of rotatable bonds is 2. The van der Waals surface area contributed by atoms with E-state index < -0.39 is 17.7 Å². The molecule has 3 heterocycles. The first-order valence-electron chi connectivity index (χ1n) is 8.45. The van der Waals surface area contributed by atoms with Crippen LogP contribution in [0.15, 0.2) is 18.2 Å². The number of likely N-dealkylation sites (tertiary alicyclic amines) is 1. The van der Waals surface area contributed by atoms with Gasteiger partial charge in [0.1, 0.15) is 17.7 Å². The van der Waals surface area contributed by atoms with E-state index in [0.717, 1.165) is 31.6 Å². The van der Waals surface area contributed by atoms with Crippen LogP contribution in [0.4, 0.5) is 8.78 Å². The lowest BCUT2D eigenvalue weighted by atomic mass is 9.93. The van der Waals surface area contributed by atoms with Crippen molar-refractivity contribution in [2.45, 2.75) is 49.5 Å². The van der Waals surface area contributed by atoms with E-state index in [0.29, 0.717) is 18.7 Å². The zero-order valence-electron chi connectivity index (χ0n) is 13.1. The molecule has 126 valence electrons. The molecule has 5 atom stereocenters. The van der Waals surface area contributed by atoms with Gasteiger partial charge in [-0.25, -0.2) is 8.78 Å². The Morgan fingerprint density at radius 1 is 1.26 bits per heavy atom. The Kier molecular flexibility index (Phi) is 4.09. The molecule has 6 heteroatoms. The second kappa shape index (κ2) is 6.09. The summed E-state index contributed by atoms with van der Waals surface area (Å²) in [6.45, 7) is 2.65. The van der Waals surface area contributed by atoms with Crippen LogP contribution in [0.3, 0.4) is 0 Å². The van der Waals surface area contributed by atoms with Crippen LogP contribution in [0, 0.1) is 11.6 Å². The molecular weight excluding hydrogens is 300 g/mol.